The second-order valence-corrected chi connectivity index (χ2v) is 4.83. The van der Waals surface area contributed by atoms with Gasteiger partial charge in [0.05, 0.1) is 11.2 Å². The molecule has 2 heteroatoms. The van der Waals surface area contributed by atoms with E-state index in [0.717, 1.165) is 24.3 Å². The highest BCUT2D eigenvalue weighted by Gasteiger charge is 2.06. The van der Waals surface area contributed by atoms with Gasteiger partial charge in [0.25, 0.3) is 0 Å². The molecule has 0 bridgehead atoms. The SMILES string of the molecule is CCNCc1ccccc1-c1ccc2ccccc2n1. The van der Waals surface area contributed by atoms with Gasteiger partial charge in [0.2, 0.25) is 0 Å². The van der Waals surface area contributed by atoms with Gasteiger partial charge < -0.3 is 5.32 Å². The minimum atomic E-state index is 0.876. The van der Waals surface area contributed by atoms with E-state index in [1.54, 1.807) is 0 Å². The summed E-state index contributed by atoms with van der Waals surface area (Å²) in [6, 6.07) is 20.9. The molecule has 0 amide bonds. The van der Waals surface area contributed by atoms with Crippen molar-refractivity contribution < 1.29 is 0 Å². The maximum atomic E-state index is 4.79. The van der Waals surface area contributed by atoms with Crippen LogP contribution >= 0.6 is 0 Å². The molecule has 100 valence electrons. The van der Waals surface area contributed by atoms with Gasteiger partial charge in [-0.25, -0.2) is 4.98 Å². The van der Waals surface area contributed by atoms with E-state index in [9.17, 15) is 0 Å². The number of fused-ring (bicyclic) bond motifs is 1. The van der Waals surface area contributed by atoms with E-state index in [0.29, 0.717) is 0 Å². The Kier molecular flexibility index (Phi) is 3.75. The third-order valence-electron chi connectivity index (χ3n) is 3.46. The Morgan fingerprint density at radius 1 is 0.900 bits per heavy atom. The van der Waals surface area contributed by atoms with Crippen LogP contribution < -0.4 is 5.32 Å². The van der Waals surface area contributed by atoms with Crippen molar-refractivity contribution in [2.75, 3.05) is 6.54 Å². The van der Waals surface area contributed by atoms with Gasteiger partial charge in [-0.15, -0.1) is 0 Å². The summed E-state index contributed by atoms with van der Waals surface area (Å²) in [5, 5.41) is 4.57. The van der Waals surface area contributed by atoms with Gasteiger partial charge in [-0.05, 0) is 24.2 Å². The van der Waals surface area contributed by atoms with Crippen LogP contribution in [0.5, 0.6) is 0 Å². The highest BCUT2D eigenvalue weighted by atomic mass is 14.8. The Hall–Kier alpha value is -2.19. The van der Waals surface area contributed by atoms with Crippen molar-refractivity contribution in [3.8, 4) is 11.3 Å². The summed E-state index contributed by atoms with van der Waals surface area (Å²) in [6.45, 7) is 3.97. The van der Waals surface area contributed by atoms with Gasteiger partial charge in [-0.1, -0.05) is 55.5 Å². The van der Waals surface area contributed by atoms with E-state index in [1.807, 2.05) is 12.1 Å². The van der Waals surface area contributed by atoms with Crippen LogP contribution in [-0.2, 0) is 6.54 Å². The number of nitrogens with zero attached hydrogens (tertiary/aromatic N) is 1. The zero-order chi connectivity index (χ0) is 13.8. The van der Waals surface area contributed by atoms with Gasteiger partial charge in [-0.2, -0.15) is 0 Å². The predicted molar refractivity (Wildman–Crippen MR) is 84.6 cm³/mol. The number of nitrogens with one attached hydrogen (secondary N) is 1. The number of hydrogen-bond donors (Lipinski definition) is 1. The highest BCUT2D eigenvalue weighted by molar-refractivity contribution is 5.81. The summed E-state index contributed by atoms with van der Waals surface area (Å²) in [4.78, 5) is 4.79. The molecule has 0 unspecified atom stereocenters. The number of rotatable bonds is 4. The maximum Gasteiger partial charge on any atom is 0.0712 e. The summed E-state index contributed by atoms with van der Waals surface area (Å²) in [5.41, 5.74) is 4.58. The van der Waals surface area contributed by atoms with Crippen molar-refractivity contribution in [2.45, 2.75) is 13.5 Å². The van der Waals surface area contributed by atoms with Crippen molar-refractivity contribution in [2.24, 2.45) is 0 Å². The molecule has 0 saturated heterocycles. The number of aromatic nitrogens is 1. The van der Waals surface area contributed by atoms with Crippen LogP contribution in [0, 0.1) is 0 Å². The lowest BCUT2D eigenvalue weighted by Gasteiger charge is -2.10. The fourth-order valence-corrected chi connectivity index (χ4v) is 2.40. The van der Waals surface area contributed by atoms with Crippen molar-refractivity contribution in [3.63, 3.8) is 0 Å². The van der Waals surface area contributed by atoms with Crippen LogP contribution in [0.15, 0.2) is 60.7 Å². The van der Waals surface area contributed by atoms with Crippen LogP contribution in [0.1, 0.15) is 12.5 Å². The van der Waals surface area contributed by atoms with Gasteiger partial charge >= 0.3 is 0 Å². The molecule has 2 aromatic carbocycles. The Labute approximate surface area is 119 Å². The molecule has 0 saturated carbocycles. The van der Waals surface area contributed by atoms with E-state index in [1.165, 1.54) is 16.5 Å². The molecule has 1 heterocycles. The summed E-state index contributed by atoms with van der Waals surface area (Å²) >= 11 is 0. The predicted octanol–water partition coefficient (Wildman–Crippen LogP) is 4.01. The van der Waals surface area contributed by atoms with Crippen LogP contribution in [0.4, 0.5) is 0 Å². The summed E-state index contributed by atoms with van der Waals surface area (Å²) in [7, 11) is 0. The molecular formula is C18H18N2. The Bertz CT molecular complexity index is 719. The van der Waals surface area contributed by atoms with E-state index in [-0.39, 0.29) is 0 Å². The Morgan fingerprint density at radius 3 is 2.60 bits per heavy atom. The van der Waals surface area contributed by atoms with Crippen LogP contribution in [0.3, 0.4) is 0 Å². The molecule has 0 radical (unpaired) electrons. The Balaban J connectivity index is 2.06. The Morgan fingerprint density at radius 2 is 1.70 bits per heavy atom. The van der Waals surface area contributed by atoms with E-state index in [2.05, 4.69) is 60.8 Å². The molecule has 3 aromatic rings. The van der Waals surface area contributed by atoms with Crippen LogP contribution in [0.2, 0.25) is 0 Å². The lowest BCUT2D eigenvalue weighted by Crippen LogP contribution is -2.12. The molecular weight excluding hydrogens is 244 g/mol. The van der Waals surface area contributed by atoms with Crippen molar-refractivity contribution in [1.82, 2.24) is 10.3 Å². The quantitative estimate of drug-likeness (QED) is 0.768. The molecule has 0 aliphatic heterocycles. The minimum absolute atomic E-state index is 0.876. The third kappa shape index (κ3) is 2.56. The first-order valence-corrected chi connectivity index (χ1v) is 7.03. The summed E-state index contributed by atoms with van der Waals surface area (Å²) in [5.74, 6) is 0. The molecule has 1 N–H and O–H groups in total. The second-order valence-electron chi connectivity index (χ2n) is 4.83. The first-order valence-electron chi connectivity index (χ1n) is 7.03. The number of hydrogen-bond acceptors (Lipinski definition) is 2. The molecule has 0 aliphatic carbocycles. The van der Waals surface area contributed by atoms with E-state index in [4.69, 9.17) is 4.98 Å². The fourth-order valence-electron chi connectivity index (χ4n) is 2.40. The van der Waals surface area contributed by atoms with Crippen molar-refractivity contribution >= 4 is 10.9 Å². The number of pyridine rings is 1. The average molecular weight is 262 g/mol. The van der Waals surface area contributed by atoms with E-state index < -0.39 is 0 Å². The zero-order valence-electron chi connectivity index (χ0n) is 11.6. The maximum absolute atomic E-state index is 4.79. The first-order chi connectivity index (χ1) is 9.88. The van der Waals surface area contributed by atoms with Crippen molar-refractivity contribution in [1.29, 1.82) is 0 Å². The van der Waals surface area contributed by atoms with Crippen LogP contribution in [0.25, 0.3) is 22.2 Å². The minimum Gasteiger partial charge on any atom is -0.313 e. The summed E-state index contributed by atoms with van der Waals surface area (Å²) in [6.07, 6.45) is 0. The van der Waals surface area contributed by atoms with Crippen molar-refractivity contribution in [3.05, 3.63) is 66.2 Å². The zero-order valence-corrected chi connectivity index (χ0v) is 11.6. The van der Waals surface area contributed by atoms with Gasteiger partial charge in [-0.3, -0.25) is 0 Å². The van der Waals surface area contributed by atoms with Gasteiger partial charge in [0.15, 0.2) is 0 Å². The molecule has 0 aliphatic rings. The van der Waals surface area contributed by atoms with E-state index >= 15 is 0 Å². The third-order valence-corrected chi connectivity index (χ3v) is 3.46. The molecule has 0 fully saturated rings. The highest BCUT2D eigenvalue weighted by Crippen LogP contribution is 2.24. The standard InChI is InChI=1S/C18H18N2/c1-2-19-13-15-8-3-5-9-16(15)18-12-11-14-7-4-6-10-17(14)20-18/h3-12,19H,2,13H2,1H3. The monoisotopic (exact) mass is 262 g/mol. The molecule has 2 nitrogen and oxygen atoms in total. The average Bonchev–Trinajstić information content (AvgIpc) is 2.53. The molecule has 0 atom stereocenters. The van der Waals surface area contributed by atoms with Gasteiger partial charge in [0.1, 0.15) is 0 Å². The lowest BCUT2D eigenvalue weighted by molar-refractivity contribution is 0.727. The fraction of sp³-hybridized carbons (Fsp3) is 0.167. The summed E-state index contributed by atoms with van der Waals surface area (Å²) < 4.78 is 0. The van der Waals surface area contributed by atoms with Gasteiger partial charge in [0, 0.05) is 17.5 Å². The number of benzene rings is 2. The molecule has 1 aromatic heterocycles. The topological polar surface area (TPSA) is 24.9 Å². The lowest BCUT2D eigenvalue weighted by atomic mass is 10.0. The molecule has 0 spiro atoms. The second kappa shape index (κ2) is 5.85. The van der Waals surface area contributed by atoms with Crippen LogP contribution in [-0.4, -0.2) is 11.5 Å². The normalized spacial score (nSPS) is 10.8. The number of para-hydroxylation sites is 1. The first kappa shape index (κ1) is 12.8. The smallest absolute Gasteiger partial charge is 0.0712 e. The molecule has 20 heavy (non-hydrogen) atoms. The largest absolute Gasteiger partial charge is 0.313 e. The molecule has 3 rings (SSSR count).